The maximum Gasteiger partial charge on any atom is 0.309 e. The molecule has 1 N–H and O–H groups in total. The van der Waals surface area contributed by atoms with Crippen molar-refractivity contribution in [1.82, 2.24) is 15.1 Å². The molecule has 0 aromatic rings. The largest absolute Gasteiger partial charge is 0.466 e. The second kappa shape index (κ2) is 10.7. The molecule has 0 radical (unpaired) electrons. The van der Waals surface area contributed by atoms with Crippen molar-refractivity contribution in [2.24, 2.45) is 10.9 Å². The summed E-state index contributed by atoms with van der Waals surface area (Å²) in [6.07, 6.45) is 3.73. The van der Waals surface area contributed by atoms with Crippen LogP contribution in [0.5, 0.6) is 0 Å². The molecule has 0 bridgehead atoms. The fourth-order valence-corrected chi connectivity index (χ4v) is 3.15. The SMILES string of the molecule is CCOC(=O)C1CCN(C(=NC)NCC(=O)N2CCCC2)CC1.I. The summed E-state index contributed by atoms with van der Waals surface area (Å²) < 4.78 is 5.09. The smallest absolute Gasteiger partial charge is 0.309 e. The zero-order valence-electron chi connectivity index (χ0n) is 14.6. The molecule has 0 atom stereocenters. The number of hydrogen-bond donors (Lipinski definition) is 1. The van der Waals surface area contributed by atoms with E-state index >= 15 is 0 Å². The molecule has 0 aliphatic carbocycles. The number of ether oxygens (including phenoxy) is 1. The number of rotatable bonds is 4. The van der Waals surface area contributed by atoms with Gasteiger partial charge in [0.1, 0.15) is 0 Å². The fraction of sp³-hybridized carbons (Fsp3) is 0.812. The minimum absolute atomic E-state index is 0. The molecule has 2 heterocycles. The van der Waals surface area contributed by atoms with E-state index in [0.717, 1.165) is 57.8 Å². The Kier molecular flexibility index (Phi) is 9.38. The monoisotopic (exact) mass is 452 g/mol. The van der Waals surface area contributed by atoms with Gasteiger partial charge in [-0.25, -0.2) is 0 Å². The van der Waals surface area contributed by atoms with Crippen LogP contribution in [0, 0.1) is 5.92 Å². The molecule has 0 saturated carbocycles. The average Bonchev–Trinajstić information content (AvgIpc) is 3.10. The Hall–Kier alpha value is -1.06. The van der Waals surface area contributed by atoms with Gasteiger partial charge in [0.05, 0.1) is 19.1 Å². The summed E-state index contributed by atoms with van der Waals surface area (Å²) >= 11 is 0. The van der Waals surface area contributed by atoms with Gasteiger partial charge in [0.25, 0.3) is 0 Å². The number of amides is 1. The quantitative estimate of drug-likeness (QED) is 0.299. The Labute approximate surface area is 161 Å². The van der Waals surface area contributed by atoms with Gasteiger partial charge in [-0.2, -0.15) is 0 Å². The molecular weight excluding hydrogens is 423 g/mol. The zero-order valence-corrected chi connectivity index (χ0v) is 17.0. The predicted molar refractivity (Wildman–Crippen MR) is 104 cm³/mol. The minimum atomic E-state index is -0.0979. The molecule has 24 heavy (non-hydrogen) atoms. The van der Waals surface area contributed by atoms with E-state index in [0.29, 0.717) is 6.61 Å². The number of carbonyl (C=O) groups is 2. The van der Waals surface area contributed by atoms with Crippen LogP contribution in [0.2, 0.25) is 0 Å². The van der Waals surface area contributed by atoms with Gasteiger partial charge in [-0.3, -0.25) is 14.6 Å². The molecule has 7 nitrogen and oxygen atoms in total. The number of esters is 1. The van der Waals surface area contributed by atoms with Crippen LogP contribution in [0.4, 0.5) is 0 Å². The van der Waals surface area contributed by atoms with Gasteiger partial charge in [0, 0.05) is 33.2 Å². The Balaban J connectivity index is 0.00000288. The molecule has 0 unspecified atom stereocenters. The number of piperidine rings is 1. The lowest BCUT2D eigenvalue weighted by Gasteiger charge is -2.33. The van der Waals surface area contributed by atoms with Crippen LogP contribution in [0.15, 0.2) is 4.99 Å². The summed E-state index contributed by atoms with van der Waals surface area (Å²) in [6.45, 7) is 5.78. The third-order valence-corrected chi connectivity index (χ3v) is 4.48. The van der Waals surface area contributed by atoms with Gasteiger partial charge >= 0.3 is 5.97 Å². The zero-order chi connectivity index (χ0) is 16.7. The van der Waals surface area contributed by atoms with Crippen LogP contribution in [0.25, 0.3) is 0 Å². The van der Waals surface area contributed by atoms with Crippen molar-refractivity contribution in [3.05, 3.63) is 0 Å². The lowest BCUT2D eigenvalue weighted by molar-refractivity contribution is -0.149. The van der Waals surface area contributed by atoms with Gasteiger partial charge in [-0.15, -0.1) is 24.0 Å². The summed E-state index contributed by atoms with van der Waals surface area (Å²) in [5.74, 6) is 0.750. The third kappa shape index (κ3) is 5.78. The van der Waals surface area contributed by atoms with E-state index < -0.39 is 0 Å². The molecule has 0 aromatic carbocycles. The molecule has 2 rings (SSSR count). The molecule has 2 saturated heterocycles. The first kappa shape index (κ1) is 21.0. The van der Waals surface area contributed by atoms with Gasteiger partial charge in [-0.1, -0.05) is 0 Å². The second-order valence-corrected chi connectivity index (χ2v) is 6.00. The van der Waals surface area contributed by atoms with Crippen molar-refractivity contribution >= 4 is 41.8 Å². The highest BCUT2D eigenvalue weighted by molar-refractivity contribution is 14.0. The first-order valence-electron chi connectivity index (χ1n) is 8.55. The standard InChI is InChI=1S/C16H28N4O3.HI/c1-3-23-15(22)13-6-10-20(11-7-13)16(17-2)18-12-14(21)19-8-4-5-9-19;/h13H,3-12H2,1-2H3,(H,17,18);1H. The Bertz CT molecular complexity index is 445. The molecule has 2 aliphatic heterocycles. The van der Waals surface area contributed by atoms with Crippen molar-refractivity contribution in [1.29, 1.82) is 0 Å². The first-order valence-corrected chi connectivity index (χ1v) is 8.55. The van der Waals surface area contributed by atoms with E-state index in [9.17, 15) is 9.59 Å². The second-order valence-electron chi connectivity index (χ2n) is 6.00. The number of nitrogens with one attached hydrogen (secondary N) is 1. The van der Waals surface area contributed by atoms with Gasteiger partial charge < -0.3 is 19.9 Å². The van der Waals surface area contributed by atoms with E-state index in [1.807, 2.05) is 11.8 Å². The van der Waals surface area contributed by atoms with E-state index in [2.05, 4.69) is 15.2 Å². The molecular formula is C16H29IN4O3. The highest BCUT2D eigenvalue weighted by Gasteiger charge is 2.27. The van der Waals surface area contributed by atoms with Crippen LogP contribution in [0.1, 0.15) is 32.6 Å². The van der Waals surface area contributed by atoms with Crippen LogP contribution >= 0.6 is 24.0 Å². The highest BCUT2D eigenvalue weighted by atomic mass is 127. The maximum absolute atomic E-state index is 12.1. The summed E-state index contributed by atoms with van der Waals surface area (Å²) in [6, 6.07) is 0. The first-order chi connectivity index (χ1) is 11.2. The van der Waals surface area contributed by atoms with E-state index in [1.54, 1.807) is 7.05 Å². The van der Waals surface area contributed by atoms with Crippen LogP contribution in [-0.2, 0) is 14.3 Å². The minimum Gasteiger partial charge on any atom is -0.466 e. The number of carbonyl (C=O) groups excluding carboxylic acids is 2. The molecule has 0 aromatic heterocycles. The maximum atomic E-state index is 12.1. The highest BCUT2D eigenvalue weighted by Crippen LogP contribution is 2.18. The molecule has 138 valence electrons. The normalized spacial score (nSPS) is 19.0. The van der Waals surface area contributed by atoms with E-state index in [1.165, 1.54) is 0 Å². The lowest BCUT2D eigenvalue weighted by Crippen LogP contribution is -2.49. The molecule has 2 fully saturated rings. The topological polar surface area (TPSA) is 74.2 Å². The lowest BCUT2D eigenvalue weighted by atomic mass is 9.97. The van der Waals surface area contributed by atoms with Crippen molar-refractivity contribution in [3.8, 4) is 0 Å². The summed E-state index contributed by atoms with van der Waals surface area (Å²) in [7, 11) is 1.72. The number of aliphatic imine (C=N–C) groups is 1. The van der Waals surface area contributed by atoms with Crippen molar-refractivity contribution in [2.75, 3.05) is 46.4 Å². The summed E-state index contributed by atoms with van der Waals surface area (Å²) in [5.41, 5.74) is 0. The average molecular weight is 452 g/mol. The van der Waals surface area contributed by atoms with E-state index in [-0.39, 0.29) is 48.3 Å². The molecule has 2 aliphatic rings. The van der Waals surface area contributed by atoms with Gasteiger partial charge in [-0.05, 0) is 32.6 Å². The van der Waals surface area contributed by atoms with Gasteiger partial charge in [0.15, 0.2) is 5.96 Å². The predicted octanol–water partition coefficient (Wildman–Crippen LogP) is 1.08. The van der Waals surface area contributed by atoms with Crippen molar-refractivity contribution < 1.29 is 14.3 Å². The van der Waals surface area contributed by atoms with Crippen molar-refractivity contribution in [2.45, 2.75) is 32.6 Å². The Morgan fingerprint density at radius 2 is 1.75 bits per heavy atom. The Morgan fingerprint density at radius 1 is 1.12 bits per heavy atom. The van der Waals surface area contributed by atoms with Crippen LogP contribution in [0.3, 0.4) is 0 Å². The number of hydrogen-bond acceptors (Lipinski definition) is 4. The molecule has 8 heteroatoms. The number of halogens is 1. The molecule has 0 spiro atoms. The van der Waals surface area contributed by atoms with Crippen LogP contribution in [-0.4, -0.2) is 74.0 Å². The van der Waals surface area contributed by atoms with Crippen LogP contribution < -0.4 is 5.32 Å². The molecule has 1 amide bonds. The van der Waals surface area contributed by atoms with Crippen molar-refractivity contribution in [3.63, 3.8) is 0 Å². The third-order valence-electron chi connectivity index (χ3n) is 4.48. The van der Waals surface area contributed by atoms with Gasteiger partial charge in [0.2, 0.25) is 5.91 Å². The fourth-order valence-electron chi connectivity index (χ4n) is 3.15. The summed E-state index contributed by atoms with van der Waals surface area (Å²) in [4.78, 5) is 32.1. The number of likely N-dealkylation sites (tertiary alicyclic amines) is 2. The Morgan fingerprint density at radius 3 is 2.29 bits per heavy atom. The number of nitrogens with zero attached hydrogens (tertiary/aromatic N) is 3. The van der Waals surface area contributed by atoms with E-state index in [4.69, 9.17) is 4.74 Å². The number of guanidine groups is 1. The summed E-state index contributed by atoms with van der Waals surface area (Å²) in [5, 5.41) is 3.15.